The van der Waals surface area contributed by atoms with Crippen LogP contribution in [0.15, 0.2) is 18.2 Å². The molecule has 1 aromatic rings. The van der Waals surface area contributed by atoms with Gasteiger partial charge in [0.25, 0.3) is 0 Å². The highest BCUT2D eigenvalue weighted by Gasteiger charge is 2.23. The van der Waals surface area contributed by atoms with Crippen LogP contribution in [0.3, 0.4) is 0 Å². The molecule has 74 valence electrons. The molecule has 0 spiro atoms. The molecule has 1 aromatic carbocycles. The van der Waals surface area contributed by atoms with Gasteiger partial charge in [-0.2, -0.15) is 0 Å². The van der Waals surface area contributed by atoms with Crippen LogP contribution < -0.4 is 0 Å². The SMILES string of the molecule is Cc1ccc(C)c2c1C=C[C@H](C)[C@@H]2O. The molecule has 0 fully saturated rings. The second-order valence-electron chi connectivity index (χ2n) is 4.19. The molecule has 0 saturated heterocycles. The minimum absolute atomic E-state index is 0.225. The topological polar surface area (TPSA) is 20.2 Å². The van der Waals surface area contributed by atoms with E-state index in [1.165, 1.54) is 16.7 Å². The van der Waals surface area contributed by atoms with Crippen molar-refractivity contribution in [3.63, 3.8) is 0 Å². The molecule has 0 amide bonds. The third kappa shape index (κ3) is 1.28. The molecule has 2 rings (SSSR count). The minimum Gasteiger partial charge on any atom is -0.388 e. The van der Waals surface area contributed by atoms with Gasteiger partial charge < -0.3 is 5.11 Å². The second kappa shape index (κ2) is 3.25. The third-order valence-corrected chi connectivity index (χ3v) is 3.08. The smallest absolute Gasteiger partial charge is 0.0858 e. The van der Waals surface area contributed by atoms with Crippen molar-refractivity contribution in [3.05, 3.63) is 40.5 Å². The molecule has 0 heterocycles. The standard InChI is InChI=1S/C13H16O/c1-8-4-5-9(2)12-11(8)7-6-10(3)13(12)14/h4-7,10,13-14H,1-3H3/t10-,13-/m0/s1. The maximum atomic E-state index is 10.1. The lowest BCUT2D eigenvalue weighted by Crippen LogP contribution is -2.14. The molecule has 1 aliphatic carbocycles. The van der Waals surface area contributed by atoms with E-state index >= 15 is 0 Å². The average molecular weight is 188 g/mol. The summed E-state index contributed by atoms with van der Waals surface area (Å²) in [4.78, 5) is 0. The highest BCUT2D eigenvalue weighted by Crippen LogP contribution is 2.35. The Morgan fingerprint density at radius 3 is 2.50 bits per heavy atom. The van der Waals surface area contributed by atoms with E-state index < -0.39 is 0 Å². The van der Waals surface area contributed by atoms with Gasteiger partial charge in [-0.3, -0.25) is 0 Å². The summed E-state index contributed by atoms with van der Waals surface area (Å²) in [5.74, 6) is 0.225. The Kier molecular flexibility index (Phi) is 2.20. The van der Waals surface area contributed by atoms with Crippen molar-refractivity contribution in [2.75, 3.05) is 0 Å². The van der Waals surface area contributed by atoms with Crippen LogP contribution in [-0.2, 0) is 0 Å². The predicted molar refractivity (Wildman–Crippen MR) is 59.1 cm³/mol. The van der Waals surface area contributed by atoms with Crippen LogP contribution in [0, 0.1) is 19.8 Å². The Labute approximate surface area is 85.1 Å². The Bertz CT molecular complexity index is 390. The van der Waals surface area contributed by atoms with E-state index in [0.29, 0.717) is 0 Å². The summed E-state index contributed by atoms with van der Waals surface area (Å²) in [5.41, 5.74) is 4.75. The lowest BCUT2D eigenvalue weighted by Gasteiger charge is -2.25. The van der Waals surface area contributed by atoms with Crippen molar-refractivity contribution in [1.82, 2.24) is 0 Å². The fourth-order valence-corrected chi connectivity index (χ4v) is 2.08. The van der Waals surface area contributed by atoms with Crippen LogP contribution in [-0.4, -0.2) is 5.11 Å². The lowest BCUT2D eigenvalue weighted by molar-refractivity contribution is 0.137. The van der Waals surface area contributed by atoms with Crippen molar-refractivity contribution in [2.45, 2.75) is 26.9 Å². The highest BCUT2D eigenvalue weighted by atomic mass is 16.3. The van der Waals surface area contributed by atoms with E-state index in [4.69, 9.17) is 0 Å². The molecular formula is C13H16O. The fraction of sp³-hybridized carbons (Fsp3) is 0.385. The van der Waals surface area contributed by atoms with Gasteiger partial charge in [0, 0.05) is 5.92 Å². The maximum Gasteiger partial charge on any atom is 0.0858 e. The minimum atomic E-state index is -0.338. The maximum absolute atomic E-state index is 10.1. The molecule has 14 heavy (non-hydrogen) atoms. The molecule has 0 unspecified atom stereocenters. The molecule has 0 saturated carbocycles. The summed E-state index contributed by atoms with van der Waals surface area (Å²) in [7, 11) is 0. The molecule has 0 radical (unpaired) electrons. The monoisotopic (exact) mass is 188 g/mol. The molecule has 1 heteroatoms. The van der Waals surface area contributed by atoms with Crippen molar-refractivity contribution in [1.29, 1.82) is 0 Å². The van der Waals surface area contributed by atoms with Gasteiger partial charge in [-0.25, -0.2) is 0 Å². The first-order chi connectivity index (χ1) is 6.61. The number of hydrogen-bond donors (Lipinski definition) is 1. The zero-order valence-electron chi connectivity index (χ0n) is 8.91. The van der Waals surface area contributed by atoms with Gasteiger partial charge in [0.2, 0.25) is 0 Å². The van der Waals surface area contributed by atoms with Crippen molar-refractivity contribution in [2.24, 2.45) is 5.92 Å². The van der Waals surface area contributed by atoms with E-state index in [9.17, 15) is 5.11 Å². The van der Waals surface area contributed by atoms with Gasteiger partial charge in [0.1, 0.15) is 0 Å². The van der Waals surface area contributed by atoms with Gasteiger partial charge in [-0.15, -0.1) is 0 Å². The van der Waals surface area contributed by atoms with Crippen LogP contribution in [0.2, 0.25) is 0 Å². The van der Waals surface area contributed by atoms with Crippen LogP contribution >= 0.6 is 0 Å². The first-order valence-electron chi connectivity index (χ1n) is 5.07. The molecule has 0 aliphatic heterocycles. The van der Waals surface area contributed by atoms with Gasteiger partial charge in [-0.1, -0.05) is 31.2 Å². The first kappa shape index (κ1) is 9.47. The zero-order chi connectivity index (χ0) is 10.3. The van der Waals surface area contributed by atoms with E-state index in [2.05, 4.69) is 38.1 Å². The molecule has 0 aromatic heterocycles. The summed E-state index contributed by atoms with van der Waals surface area (Å²) >= 11 is 0. The Balaban J connectivity index is 2.67. The number of aliphatic hydroxyl groups excluding tert-OH is 1. The summed E-state index contributed by atoms with van der Waals surface area (Å²) < 4.78 is 0. The van der Waals surface area contributed by atoms with Crippen molar-refractivity contribution < 1.29 is 5.11 Å². The molecule has 0 bridgehead atoms. The van der Waals surface area contributed by atoms with Gasteiger partial charge in [0.15, 0.2) is 0 Å². The van der Waals surface area contributed by atoms with E-state index in [1.54, 1.807) is 0 Å². The predicted octanol–water partition coefficient (Wildman–Crippen LogP) is 3.00. The quantitative estimate of drug-likeness (QED) is 0.663. The zero-order valence-corrected chi connectivity index (χ0v) is 8.91. The summed E-state index contributed by atoms with van der Waals surface area (Å²) in [6.07, 6.45) is 3.88. The Morgan fingerprint density at radius 2 is 1.79 bits per heavy atom. The van der Waals surface area contributed by atoms with Crippen LogP contribution in [0.1, 0.15) is 35.3 Å². The number of aliphatic hydroxyl groups is 1. The highest BCUT2D eigenvalue weighted by molar-refractivity contribution is 5.63. The third-order valence-electron chi connectivity index (χ3n) is 3.08. The van der Waals surface area contributed by atoms with Gasteiger partial charge >= 0.3 is 0 Å². The molecular weight excluding hydrogens is 172 g/mol. The fourth-order valence-electron chi connectivity index (χ4n) is 2.08. The normalized spacial score (nSPS) is 24.9. The number of hydrogen-bond acceptors (Lipinski definition) is 1. The van der Waals surface area contributed by atoms with Gasteiger partial charge in [0.05, 0.1) is 6.10 Å². The largest absolute Gasteiger partial charge is 0.388 e. The average Bonchev–Trinajstić information content (AvgIpc) is 2.16. The summed E-state index contributed by atoms with van der Waals surface area (Å²) in [6.45, 7) is 6.20. The lowest BCUT2D eigenvalue weighted by atomic mass is 9.83. The van der Waals surface area contributed by atoms with E-state index in [1.807, 2.05) is 6.92 Å². The summed E-state index contributed by atoms with van der Waals surface area (Å²) in [6, 6.07) is 4.20. The molecule has 1 aliphatic rings. The number of aryl methyl sites for hydroxylation is 2. The molecule has 1 nitrogen and oxygen atoms in total. The first-order valence-corrected chi connectivity index (χ1v) is 5.07. The Hall–Kier alpha value is -1.08. The van der Waals surface area contributed by atoms with Crippen molar-refractivity contribution in [3.8, 4) is 0 Å². The summed E-state index contributed by atoms with van der Waals surface area (Å²) in [5, 5.41) is 10.1. The van der Waals surface area contributed by atoms with Crippen LogP contribution in [0.5, 0.6) is 0 Å². The number of fused-ring (bicyclic) bond motifs is 1. The molecule has 1 N–H and O–H groups in total. The second-order valence-corrected chi connectivity index (χ2v) is 4.19. The van der Waals surface area contributed by atoms with Crippen LogP contribution in [0.25, 0.3) is 6.08 Å². The van der Waals surface area contributed by atoms with E-state index in [0.717, 1.165) is 5.56 Å². The molecule has 2 atom stereocenters. The number of benzene rings is 1. The van der Waals surface area contributed by atoms with E-state index in [-0.39, 0.29) is 12.0 Å². The Morgan fingerprint density at radius 1 is 1.14 bits per heavy atom. The van der Waals surface area contributed by atoms with Crippen LogP contribution in [0.4, 0.5) is 0 Å². The number of rotatable bonds is 0. The van der Waals surface area contributed by atoms with Gasteiger partial charge in [-0.05, 0) is 36.1 Å². The van der Waals surface area contributed by atoms with Crippen molar-refractivity contribution >= 4 is 6.08 Å².